The molecule has 13 heavy (non-hydrogen) atoms. The second kappa shape index (κ2) is 4.43. The van der Waals surface area contributed by atoms with Crippen LogP contribution in [0.25, 0.3) is 0 Å². The van der Waals surface area contributed by atoms with E-state index in [1.807, 2.05) is 0 Å². The van der Waals surface area contributed by atoms with Crippen LogP contribution in [0.5, 0.6) is 0 Å². The second-order valence-corrected chi connectivity index (χ2v) is 4.85. The number of hydrogen-bond donors (Lipinski definition) is 2. The van der Waals surface area contributed by atoms with Gasteiger partial charge in [0.15, 0.2) is 0 Å². The molecule has 0 aromatic carbocycles. The first-order valence-electron chi connectivity index (χ1n) is 5.49. The molecule has 1 unspecified atom stereocenters. The molecule has 1 fully saturated rings. The molecule has 1 saturated carbocycles. The molecule has 0 bridgehead atoms. The average molecular weight is 185 g/mol. The van der Waals surface area contributed by atoms with E-state index in [1.165, 1.54) is 12.8 Å². The highest BCUT2D eigenvalue weighted by molar-refractivity contribution is 4.87. The van der Waals surface area contributed by atoms with Crippen LogP contribution in [0.2, 0.25) is 0 Å². The Hall–Kier alpha value is -0.0800. The predicted molar refractivity (Wildman–Crippen MR) is 55.7 cm³/mol. The maximum absolute atomic E-state index is 10.1. The molecule has 1 aliphatic rings. The van der Waals surface area contributed by atoms with Gasteiger partial charge in [0.25, 0.3) is 0 Å². The summed E-state index contributed by atoms with van der Waals surface area (Å²) in [6.45, 7) is 7.36. The maximum Gasteiger partial charge on any atom is 0.0771 e. The quantitative estimate of drug-likeness (QED) is 0.701. The van der Waals surface area contributed by atoms with Crippen LogP contribution in [-0.4, -0.2) is 23.3 Å². The molecule has 1 aliphatic carbocycles. The molecule has 0 spiro atoms. The van der Waals surface area contributed by atoms with Gasteiger partial charge in [0, 0.05) is 12.6 Å². The zero-order chi connectivity index (χ0) is 9.90. The summed E-state index contributed by atoms with van der Waals surface area (Å²) in [6.07, 6.45) is 4.33. The summed E-state index contributed by atoms with van der Waals surface area (Å²) >= 11 is 0. The molecule has 0 amide bonds. The van der Waals surface area contributed by atoms with Gasteiger partial charge in [0.2, 0.25) is 0 Å². The lowest BCUT2D eigenvalue weighted by Gasteiger charge is -2.26. The maximum atomic E-state index is 10.1. The standard InChI is InChI=1S/C11H23NO/c1-9(2)10(3)12-8-11(13)6-4-5-7-11/h9-10,12-13H,4-8H2,1-3H3. The molecule has 78 valence electrons. The lowest BCUT2D eigenvalue weighted by atomic mass is 10.0. The Morgan fingerprint density at radius 1 is 1.23 bits per heavy atom. The Morgan fingerprint density at radius 3 is 2.23 bits per heavy atom. The van der Waals surface area contributed by atoms with E-state index in [-0.39, 0.29) is 0 Å². The van der Waals surface area contributed by atoms with E-state index in [9.17, 15) is 5.11 Å². The van der Waals surface area contributed by atoms with Crippen LogP contribution < -0.4 is 5.32 Å². The number of aliphatic hydroxyl groups is 1. The van der Waals surface area contributed by atoms with Crippen LogP contribution in [0.3, 0.4) is 0 Å². The topological polar surface area (TPSA) is 32.3 Å². The van der Waals surface area contributed by atoms with Crippen LogP contribution >= 0.6 is 0 Å². The predicted octanol–water partition coefficient (Wildman–Crippen LogP) is 1.93. The molecule has 0 aromatic heterocycles. The third-order valence-electron chi connectivity index (χ3n) is 3.29. The van der Waals surface area contributed by atoms with E-state index in [2.05, 4.69) is 26.1 Å². The van der Waals surface area contributed by atoms with E-state index in [4.69, 9.17) is 0 Å². The second-order valence-electron chi connectivity index (χ2n) is 4.85. The zero-order valence-corrected chi connectivity index (χ0v) is 9.14. The van der Waals surface area contributed by atoms with E-state index < -0.39 is 5.60 Å². The number of hydrogen-bond acceptors (Lipinski definition) is 2. The highest BCUT2D eigenvalue weighted by Gasteiger charge is 2.30. The summed E-state index contributed by atoms with van der Waals surface area (Å²) in [6, 6.07) is 0.504. The van der Waals surface area contributed by atoms with Gasteiger partial charge in [0.05, 0.1) is 5.60 Å². The van der Waals surface area contributed by atoms with E-state index >= 15 is 0 Å². The van der Waals surface area contributed by atoms with Crippen molar-refractivity contribution < 1.29 is 5.11 Å². The third-order valence-corrected chi connectivity index (χ3v) is 3.29. The molecule has 0 saturated heterocycles. The van der Waals surface area contributed by atoms with Crippen molar-refractivity contribution in [3.05, 3.63) is 0 Å². The van der Waals surface area contributed by atoms with Gasteiger partial charge < -0.3 is 10.4 Å². The van der Waals surface area contributed by atoms with Gasteiger partial charge in [-0.2, -0.15) is 0 Å². The Balaban J connectivity index is 2.24. The minimum atomic E-state index is -0.400. The van der Waals surface area contributed by atoms with Gasteiger partial charge in [-0.05, 0) is 25.7 Å². The van der Waals surface area contributed by atoms with Gasteiger partial charge in [-0.1, -0.05) is 26.7 Å². The lowest BCUT2D eigenvalue weighted by molar-refractivity contribution is 0.0439. The highest BCUT2D eigenvalue weighted by Crippen LogP contribution is 2.28. The SMILES string of the molecule is CC(C)C(C)NCC1(O)CCCC1. The Labute approximate surface area is 81.7 Å². The van der Waals surface area contributed by atoms with Crippen molar-refractivity contribution >= 4 is 0 Å². The van der Waals surface area contributed by atoms with Crippen molar-refractivity contribution in [1.82, 2.24) is 5.32 Å². The summed E-state index contributed by atoms with van der Waals surface area (Å²) in [5, 5.41) is 13.5. The van der Waals surface area contributed by atoms with Crippen molar-refractivity contribution in [2.45, 2.75) is 58.1 Å². The minimum Gasteiger partial charge on any atom is -0.389 e. The Kier molecular flexibility index (Phi) is 3.74. The molecule has 0 aromatic rings. The van der Waals surface area contributed by atoms with Crippen molar-refractivity contribution in [2.75, 3.05) is 6.54 Å². The zero-order valence-electron chi connectivity index (χ0n) is 9.14. The largest absolute Gasteiger partial charge is 0.389 e. The fraction of sp³-hybridized carbons (Fsp3) is 1.00. The lowest BCUT2D eigenvalue weighted by Crippen LogP contribution is -2.43. The fourth-order valence-electron chi connectivity index (χ4n) is 1.80. The fourth-order valence-corrected chi connectivity index (χ4v) is 1.80. The molecule has 2 nitrogen and oxygen atoms in total. The first-order chi connectivity index (χ1) is 6.03. The highest BCUT2D eigenvalue weighted by atomic mass is 16.3. The van der Waals surface area contributed by atoms with Crippen LogP contribution in [0.1, 0.15) is 46.5 Å². The first kappa shape index (κ1) is 11.0. The molecule has 0 radical (unpaired) electrons. The molecular weight excluding hydrogens is 162 g/mol. The van der Waals surface area contributed by atoms with Crippen molar-refractivity contribution in [1.29, 1.82) is 0 Å². The van der Waals surface area contributed by atoms with Crippen LogP contribution in [-0.2, 0) is 0 Å². The Morgan fingerprint density at radius 2 is 1.77 bits per heavy atom. The van der Waals surface area contributed by atoms with Crippen molar-refractivity contribution in [2.24, 2.45) is 5.92 Å². The molecule has 2 heteroatoms. The van der Waals surface area contributed by atoms with E-state index in [1.54, 1.807) is 0 Å². The molecule has 1 rings (SSSR count). The summed E-state index contributed by atoms with van der Waals surface area (Å²) in [4.78, 5) is 0. The van der Waals surface area contributed by atoms with E-state index in [0.717, 1.165) is 19.4 Å². The Bertz CT molecular complexity index is 150. The van der Waals surface area contributed by atoms with E-state index in [0.29, 0.717) is 12.0 Å². The van der Waals surface area contributed by atoms with Gasteiger partial charge in [-0.15, -0.1) is 0 Å². The molecule has 0 aliphatic heterocycles. The van der Waals surface area contributed by atoms with Crippen LogP contribution in [0.15, 0.2) is 0 Å². The van der Waals surface area contributed by atoms with Crippen molar-refractivity contribution in [3.63, 3.8) is 0 Å². The molecular formula is C11H23NO. The number of rotatable bonds is 4. The first-order valence-corrected chi connectivity index (χ1v) is 5.49. The third kappa shape index (κ3) is 3.28. The summed E-state index contributed by atoms with van der Waals surface area (Å²) in [5.41, 5.74) is -0.400. The van der Waals surface area contributed by atoms with Gasteiger partial charge in [0.1, 0.15) is 0 Å². The monoisotopic (exact) mass is 185 g/mol. The van der Waals surface area contributed by atoms with Crippen LogP contribution in [0.4, 0.5) is 0 Å². The summed E-state index contributed by atoms with van der Waals surface area (Å²) in [5.74, 6) is 0.644. The number of nitrogens with one attached hydrogen (secondary N) is 1. The normalized spacial score (nSPS) is 23.8. The van der Waals surface area contributed by atoms with Gasteiger partial charge in [-0.25, -0.2) is 0 Å². The smallest absolute Gasteiger partial charge is 0.0771 e. The van der Waals surface area contributed by atoms with Crippen molar-refractivity contribution in [3.8, 4) is 0 Å². The molecule has 2 N–H and O–H groups in total. The van der Waals surface area contributed by atoms with Gasteiger partial charge >= 0.3 is 0 Å². The minimum absolute atomic E-state index is 0.400. The average Bonchev–Trinajstić information content (AvgIpc) is 2.48. The summed E-state index contributed by atoms with van der Waals surface area (Å²) in [7, 11) is 0. The molecule has 0 heterocycles. The molecule has 1 atom stereocenters. The van der Waals surface area contributed by atoms with Gasteiger partial charge in [-0.3, -0.25) is 0 Å². The van der Waals surface area contributed by atoms with Crippen LogP contribution in [0, 0.1) is 5.92 Å². The summed E-state index contributed by atoms with van der Waals surface area (Å²) < 4.78 is 0.